The third-order valence-electron chi connectivity index (χ3n) is 26.5. The van der Waals surface area contributed by atoms with Crippen molar-refractivity contribution in [2.45, 2.75) is 347 Å². The highest BCUT2D eigenvalue weighted by Crippen LogP contribution is 2.46. The van der Waals surface area contributed by atoms with Crippen molar-refractivity contribution in [2.24, 2.45) is 5.92 Å². The van der Waals surface area contributed by atoms with Crippen molar-refractivity contribution in [1.82, 2.24) is 46.4 Å². The first-order valence-electron chi connectivity index (χ1n) is 42.0. The monoisotopic (exact) mass is 1730 g/mol. The minimum Gasteiger partial charge on any atom is -0.544 e. The lowest BCUT2D eigenvalue weighted by molar-refractivity contribution is -0.147. The third-order valence-corrected chi connectivity index (χ3v) is 53.6. The number of nitrogens with zero attached hydrogens (tertiary/aromatic N) is 3. The molecule has 13 atom stereocenters. The van der Waals surface area contributed by atoms with Gasteiger partial charge < -0.3 is 86.4 Å². The van der Waals surface area contributed by atoms with E-state index in [0.717, 1.165) is 11.1 Å². The van der Waals surface area contributed by atoms with E-state index in [9.17, 15) is 9.59 Å². The molecule has 117 heavy (non-hydrogen) atoms. The van der Waals surface area contributed by atoms with Gasteiger partial charge in [0.15, 0.2) is 41.6 Å². The van der Waals surface area contributed by atoms with Gasteiger partial charge in [-0.3, -0.25) is 38.9 Å². The number of hydrogen-bond acceptors (Lipinski definition) is 19. The average Bonchev–Trinajstić information content (AvgIpc) is 1.60. The summed E-state index contributed by atoms with van der Waals surface area (Å²) in [4.78, 5) is 127. The number of carbonyl (C=O) groups excluding carboxylic acids is 8. The second-order valence-corrected chi connectivity index (χ2v) is 70.7. The molecular weight excluding hydrogens is 1590 g/mol. The van der Waals surface area contributed by atoms with Gasteiger partial charge in [-0.1, -0.05) is 174 Å². The number of rotatable bonds is 36. The molecule has 13 unspecified atom stereocenters. The zero-order chi connectivity index (χ0) is 88.5. The first-order valence-corrected chi connectivity index (χ1v) is 59.5. The van der Waals surface area contributed by atoms with Gasteiger partial charge in [-0.2, -0.15) is 0 Å². The molecule has 7 rings (SSSR count). The van der Waals surface area contributed by atoms with Crippen LogP contribution < -0.4 is 36.3 Å². The minimum atomic E-state index is -3.05. The third kappa shape index (κ3) is 26.0. The fourth-order valence-electron chi connectivity index (χ4n) is 12.7. The van der Waals surface area contributed by atoms with E-state index in [1.165, 1.54) is 12.4 Å². The molecule has 0 aromatic heterocycles. The molecule has 36 heteroatoms. The van der Waals surface area contributed by atoms with Crippen LogP contribution >= 0.6 is 0 Å². The lowest BCUT2D eigenvalue weighted by Gasteiger charge is -2.43. The Bertz CT molecular complexity index is 3770. The molecule has 0 saturated carbocycles. The van der Waals surface area contributed by atoms with Crippen molar-refractivity contribution in [3.8, 4) is 5.75 Å². The first kappa shape index (κ1) is 99.0. The fraction of sp³-hybridized carbons (Fsp3) is 0.753. The number of hydrogen-bond donors (Lipinski definition) is 6. The van der Waals surface area contributed by atoms with E-state index in [0.29, 0.717) is 18.8 Å². The summed E-state index contributed by atoms with van der Waals surface area (Å²) >= 11 is 0. The number of ether oxygens (including phenoxy) is 1. The van der Waals surface area contributed by atoms with E-state index in [2.05, 4.69) is 222 Å². The highest BCUT2D eigenvalue weighted by atomic mass is 28.4. The molecule has 655 valence electrons. The van der Waals surface area contributed by atoms with Gasteiger partial charge in [-0.15, -0.1) is 0 Å². The molecule has 5 aliphatic heterocycles. The number of alkyl carbamates (subject to hydrolysis) is 1. The topological polar surface area (TPSA) is 321 Å². The SMILES string of the molecule is CC1CN(C(=O)C(NC(=O)C(NC(=O)C2CC(O[Si](C)(C)C(C)(C)C)CN2C(=O)C(NC(=O)C(CNC(=O)CNC(=O)OCc2ccccc2)NC2[B]O2)C(C)O[Si](C)(C)C(C)(C)C)C(Cc2ccc(O[Si](C)(C)C(C)(C)C)cc2)O[Si](C)(C)C(C)(C)C)C(C)O[Si](C)(C)C(C)(C)C)C(C(=O)N(B2CO2)B2CO2)C1O[Si](C)(C)C(C)(C)C. The summed E-state index contributed by atoms with van der Waals surface area (Å²) in [7, 11) is -16.2. The number of amides is 8. The van der Waals surface area contributed by atoms with Crippen LogP contribution in [0, 0.1) is 5.92 Å². The normalized spacial score (nSPS) is 21.6. The summed E-state index contributed by atoms with van der Waals surface area (Å²) in [5, 5.41) is 15.8. The molecule has 0 bridgehead atoms. The van der Waals surface area contributed by atoms with Crippen LogP contribution in [0.5, 0.6) is 5.75 Å². The Labute approximate surface area is 707 Å². The Hall–Kier alpha value is -5.06. The Balaban J connectivity index is 1.38. The van der Waals surface area contributed by atoms with Gasteiger partial charge in [0.05, 0.1) is 56.2 Å². The molecule has 5 saturated heterocycles. The van der Waals surface area contributed by atoms with E-state index in [1.807, 2.05) is 62.5 Å². The van der Waals surface area contributed by atoms with Gasteiger partial charge >= 0.3 is 27.7 Å². The van der Waals surface area contributed by atoms with Crippen LogP contribution in [0.15, 0.2) is 54.6 Å². The maximum absolute atomic E-state index is 17.0. The molecule has 5 fully saturated rings. The van der Waals surface area contributed by atoms with Crippen molar-refractivity contribution >= 4 is 119 Å². The van der Waals surface area contributed by atoms with Gasteiger partial charge in [0.25, 0.3) is 0 Å². The molecule has 8 amide bonds. The van der Waals surface area contributed by atoms with E-state index in [-0.39, 0.29) is 60.1 Å². The van der Waals surface area contributed by atoms with Crippen LogP contribution in [-0.2, 0) is 87.4 Å². The van der Waals surface area contributed by atoms with Crippen molar-refractivity contribution < 1.29 is 83.6 Å². The Morgan fingerprint density at radius 1 is 0.556 bits per heavy atom. The predicted octanol–water partition coefficient (Wildman–Crippen LogP) is 11.4. The van der Waals surface area contributed by atoms with Gasteiger partial charge in [0.2, 0.25) is 49.7 Å². The molecule has 0 spiro atoms. The minimum absolute atomic E-state index is 0.0243. The Kier molecular flexibility index (Phi) is 31.8. The van der Waals surface area contributed by atoms with Crippen molar-refractivity contribution in [3.05, 3.63) is 65.7 Å². The maximum atomic E-state index is 17.0. The van der Waals surface area contributed by atoms with Crippen molar-refractivity contribution in [1.29, 1.82) is 0 Å². The molecule has 2 aromatic carbocycles. The summed E-state index contributed by atoms with van der Waals surface area (Å²) in [6.07, 6.45) is -6.33. The smallest absolute Gasteiger partial charge is 0.432 e. The summed E-state index contributed by atoms with van der Waals surface area (Å²) in [5.41, 5.74) is 1.49. The maximum Gasteiger partial charge on any atom is 0.432 e. The van der Waals surface area contributed by atoms with E-state index < -0.39 is 206 Å². The fourth-order valence-corrected chi connectivity index (χ4v) is 20.7. The molecule has 27 nitrogen and oxygen atoms in total. The first-order chi connectivity index (χ1) is 53.3. The molecule has 1 radical (unpaired) electrons. The Morgan fingerprint density at radius 2 is 1.02 bits per heavy atom. The second kappa shape index (κ2) is 37.6. The molecular formula is C81H145B3N9O18Si6. The highest BCUT2D eigenvalue weighted by molar-refractivity contribution is 6.78. The van der Waals surface area contributed by atoms with Crippen LogP contribution in [0.3, 0.4) is 0 Å². The van der Waals surface area contributed by atoms with Crippen LogP contribution in [-0.4, -0.2) is 246 Å². The Morgan fingerprint density at radius 3 is 1.49 bits per heavy atom. The van der Waals surface area contributed by atoms with Gasteiger partial charge in [-0.05, 0) is 152 Å². The largest absolute Gasteiger partial charge is 0.544 e. The summed E-state index contributed by atoms with van der Waals surface area (Å²) in [6, 6.07) is 8.31. The molecule has 6 N–H and O–H groups in total. The number of likely N-dealkylation sites (tertiary alicyclic amines) is 2. The van der Waals surface area contributed by atoms with E-state index >= 15 is 28.8 Å². The molecule has 2 aromatic rings. The van der Waals surface area contributed by atoms with Crippen molar-refractivity contribution in [3.63, 3.8) is 0 Å². The summed E-state index contributed by atoms with van der Waals surface area (Å²) in [6.45, 7) is 68.2. The quantitative estimate of drug-likeness (QED) is 0.0273. The molecule has 0 aliphatic carbocycles. The average molecular weight is 1730 g/mol. The highest BCUT2D eigenvalue weighted by Gasteiger charge is 2.61. The summed E-state index contributed by atoms with van der Waals surface area (Å²) < 4.78 is 67.2. The number of benzene rings is 2. The summed E-state index contributed by atoms with van der Waals surface area (Å²) in [5.74, 6) is -4.32. The zero-order valence-electron chi connectivity index (χ0n) is 77.0. The van der Waals surface area contributed by atoms with Crippen LogP contribution in [0.25, 0.3) is 0 Å². The number of nitrogens with one attached hydrogen (secondary N) is 6. The molecule has 5 heterocycles. The lowest BCUT2D eigenvalue weighted by Crippen LogP contribution is -2.66. The standard InChI is InChI=1S/C81H145B3N9O18Si6/c1-52-47-92(66(67(52)111-117(32,33)81(19,20)21)73(100)93(83-50-103-83)84-51-104-84)72(99)64(54(3)107-113(24,25)77(7,8)9)89-70(97)65(61(110-116(30,31)80(16,17)18)43-55-39-41-57(42-40-55)108-114(26,27)78(10,11)12)90-69(96)60-44-58(109-115(28,29)79(13,14)15)48-91(60)71(98)63(53(2)106-112(22,23)76(4,5)6)88-68(95)59(87-74-82-105-74)45-85-62(94)46-86-75(101)102-49-56-37-35-34-36-38-56/h34-42,52-54,58-61,63-67,74,87H,43-51H2,1-33H3,(H,85,94)(H,86,101)(H,88,95)(H,89,97)(H,90,96). The zero-order valence-corrected chi connectivity index (χ0v) is 83.0. The number of carbonyl (C=O) groups is 8. The van der Waals surface area contributed by atoms with E-state index in [4.69, 9.17) is 45.3 Å². The lowest BCUT2D eigenvalue weighted by atomic mass is 9.75. The van der Waals surface area contributed by atoms with Gasteiger partial charge in [0.1, 0.15) is 48.6 Å². The van der Waals surface area contributed by atoms with Gasteiger partial charge in [-0.25, -0.2) is 4.79 Å². The van der Waals surface area contributed by atoms with Crippen LogP contribution in [0.4, 0.5) is 4.79 Å². The van der Waals surface area contributed by atoms with Crippen LogP contribution in [0.2, 0.25) is 109 Å². The second-order valence-electron chi connectivity index (χ2n) is 42.2. The van der Waals surface area contributed by atoms with Crippen molar-refractivity contribution in [2.75, 3.05) is 39.2 Å². The predicted molar refractivity (Wildman–Crippen MR) is 476 cm³/mol. The van der Waals surface area contributed by atoms with Crippen LogP contribution in [0.1, 0.15) is 163 Å². The van der Waals surface area contributed by atoms with E-state index in [1.54, 1.807) is 35.6 Å². The molecule has 5 aliphatic rings. The van der Waals surface area contributed by atoms with Gasteiger partial charge in [0, 0.05) is 32.0 Å².